The van der Waals surface area contributed by atoms with E-state index in [1.807, 2.05) is 43.4 Å². The molecular weight excluding hydrogens is 338 g/mol. The molecule has 1 atom stereocenters. The number of carbonyl (C=O) groups is 1. The van der Waals surface area contributed by atoms with E-state index in [2.05, 4.69) is 27.9 Å². The van der Waals surface area contributed by atoms with Crippen molar-refractivity contribution in [3.05, 3.63) is 48.3 Å². The summed E-state index contributed by atoms with van der Waals surface area (Å²) in [6.07, 6.45) is 3.97. The number of nitrogens with zero attached hydrogens (tertiary/aromatic N) is 5. The van der Waals surface area contributed by atoms with Crippen LogP contribution in [0.3, 0.4) is 0 Å². The van der Waals surface area contributed by atoms with Gasteiger partial charge in [-0.25, -0.2) is 4.79 Å². The van der Waals surface area contributed by atoms with Crippen molar-refractivity contribution in [2.75, 3.05) is 27.2 Å². The number of aromatic nitrogens is 3. The van der Waals surface area contributed by atoms with Gasteiger partial charge < -0.3 is 9.80 Å². The molecule has 1 spiro atoms. The second kappa shape index (κ2) is 5.81. The van der Waals surface area contributed by atoms with Crippen molar-refractivity contribution < 1.29 is 4.79 Å². The minimum absolute atomic E-state index is 0.0429. The van der Waals surface area contributed by atoms with E-state index in [0.717, 1.165) is 54.6 Å². The molecule has 138 valence electrons. The van der Waals surface area contributed by atoms with Crippen molar-refractivity contribution in [1.29, 1.82) is 0 Å². The monoisotopic (exact) mass is 361 g/mol. The van der Waals surface area contributed by atoms with Crippen LogP contribution in [0.4, 0.5) is 4.79 Å². The van der Waals surface area contributed by atoms with Gasteiger partial charge in [-0.05, 0) is 31.0 Å². The molecule has 0 radical (unpaired) electrons. The Balaban J connectivity index is 1.48. The third-order valence-corrected chi connectivity index (χ3v) is 6.02. The lowest BCUT2D eigenvalue weighted by Crippen LogP contribution is -2.39. The quantitative estimate of drug-likeness (QED) is 0.669. The predicted molar refractivity (Wildman–Crippen MR) is 105 cm³/mol. The lowest BCUT2D eigenvalue weighted by Gasteiger charge is -2.25. The Kier molecular flexibility index (Phi) is 3.50. The first-order chi connectivity index (χ1) is 13.1. The van der Waals surface area contributed by atoms with Gasteiger partial charge in [-0.3, -0.25) is 9.67 Å². The van der Waals surface area contributed by atoms with E-state index in [1.165, 1.54) is 5.69 Å². The van der Waals surface area contributed by atoms with Crippen LogP contribution in [0.15, 0.2) is 42.6 Å². The summed E-state index contributed by atoms with van der Waals surface area (Å²) in [5, 5.41) is 5.98. The molecule has 1 saturated heterocycles. The Morgan fingerprint density at radius 1 is 1.15 bits per heavy atom. The van der Waals surface area contributed by atoms with Gasteiger partial charge in [-0.15, -0.1) is 0 Å². The fourth-order valence-electron chi connectivity index (χ4n) is 4.55. The summed E-state index contributed by atoms with van der Waals surface area (Å²) in [4.78, 5) is 20.6. The van der Waals surface area contributed by atoms with Gasteiger partial charge >= 0.3 is 6.03 Å². The van der Waals surface area contributed by atoms with E-state index >= 15 is 0 Å². The van der Waals surface area contributed by atoms with Crippen LogP contribution in [0.2, 0.25) is 0 Å². The first kappa shape index (κ1) is 16.3. The topological polar surface area (TPSA) is 54.3 Å². The summed E-state index contributed by atoms with van der Waals surface area (Å²) < 4.78 is 2.13. The summed E-state index contributed by atoms with van der Waals surface area (Å²) >= 11 is 0. The lowest BCUT2D eigenvalue weighted by atomic mass is 9.82. The van der Waals surface area contributed by atoms with E-state index < -0.39 is 0 Å². The van der Waals surface area contributed by atoms with Gasteiger partial charge in [0.1, 0.15) is 0 Å². The molecule has 3 aromatic rings. The average molecular weight is 361 g/mol. The highest BCUT2D eigenvalue weighted by Gasteiger charge is 2.47. The van der Waals surface area contributed by atoms with Gasteiger partial charge in [0, 0.05) is 62.0 Å². The molecule has 4 heterocycles. The predicted octanol–water partition coefficient (Wildman–Crippen LogP) is 3.13. The van der Waals surface area contributed by atoms with Crippen molar-refractivity contribution in [2.24, 2.45) is 0 Å². The number of para-hydroxylation sites is 1. The molecular formula is C21H23N5O. The second-order valence-electron chi connectivity index (χ2n) is 7.93. The number of aryl methyl sites for hydroxylation is 1. The minimum Gasteiger partial charge on any atom is -0.331 e. The van der Waals surface area contributed by atoms with E-state index in [0.29, 0.717) is 0 Å². The number of hydrogen-bond acceptors (Lipinski definition) is 3. The molecule has 6 heteroatoms. The molecule has 1 aromatic carbocycles. The maximum atomic E-state index is 12.4. The number of likely N-dealkylation sites (tertiary alicyclic amines) is 1. The van der Waals surface area contributed by atoms with Gasteiger partial charge in [0.2, 0.25) is 0 Å². The van der Waals surface area contributed by atoms with Crippen LogP contribution in [0.5, 0.6) is 0 Å². The zero-order chi connectivity index (χ0) is 18.6. The third kappa shape index (κ3) is 2.51. The first-order valence-electron chi connectivity index (χ1n) is 9.45. The number of amides is 2. The highest BCUT2D eigenvalue weighted by atomic mass is 16.2. The average Bonchev–Trinajstić information content (AvgIpc) is 3.38. The van der Waals surface area contributed by atoms with Gasteiger partial charge in [-0.2, -0.15) is 5.10 Å². The van der Waals surface area contributed by atoms with Crippen molar-refractivity contribution in [1.82, 2.24) is 24.6 Å². The van der Waals surface area contributed by atoms with Gasteiger partial charge in [0.05, 0.1) is 11.2 Å². The van der Waals surface area contributed by atoms with Crippen molar-refractivity contribution in [3.8, 4) is 11.3 Å². The molecule has 0 aliphatic carbocycles. The zero-order valence-electron chi connectivity index (χ0n) is 15.7. The van der Waals surface area contributed by atoms with Gasteiger partial charge in [0.25, 0.3) is 0 Å². The second-order valence-corrected chi connectivity index (χ2v) is 7.93. The highest BCUT2D eigenvalue weighted by molar-refractivity contribution is 5.82. The van der Waals surface area contributed by atoms with Crippen LogP contribution < -0.4 is 0 Å². The fourth-order valence-corrected chi connectivity index (χ4v) is 4.55. The Morgan fingerprint density at radius 3 is 2.81 bits per heavy atom. The molecule has 5 rings (SSSR count). The maximum absolute atomic E-state index is 12.4. The molecule has 2 aliphatic rings. The van der Waals surface area contributed by atoms with Crippen LogP contribution >= 0.6 is 0 Å². The van der Waals surface area contributed by atoms with E-state index in [9.17, 15) is 4.79 Å². The summed E-state index contributed by atoms with van der Waals surface area (Å²) in [5.74, 6) is 0. The Bertz CT molecular complexity index is 1040. The largest absolute Gasteiger partial charge is 0.331 e. The number of hydrogen-bond donors (Lipinski definition) is 0. The Labute approximate surface area is 158 Å². The van der Waals surface area contributed by atoms with Gasteiger partial charge in [0.15, 0.2) is 0 Å². The summed E-state index contributed by atoms with van der Waals surface area (Å²) in [7, 11) is 3.63. The molecule has 27 heavy (non-hydrogen) atoms. The molecule has 0 bridgehead atoms. The molecule has 2 aliphatic heterocycles. The van der Waals surface area contributed by atoms with E-state index in [1.54, 1.807) is 4.90 Å². The highest BCUT2D eigenvalue weighted by Crippen LogP contribution is 2.44. The van der Waals surface area contributed by atoms with Crippen molar-refractivity contribution in [3.63, 3.8) is 0 Å². The van der Waals surface area contributed by atoms with E-state index in [-0.39, 0.29) is 11.4 Å². The van der Waals surface area contributed by atoms with Crippen molar-refractivity contribution in [2.45, 2.75) is 24.8 Å². The normalized spacial score (nSPS) is 21.2. The van der Waals surface area contributed by atoms with Gasteiger partial charge in [-0.1, -0.05) is 18.2 Å². The fraction of sp³-hybridized carbons (Fsp3) is 0.381. The van der Waals surface area contributed by atoms with Crippen LogP contribution in [0, 0.1) is 0 Å². The standard InChI is InChI=1S/C21H23N5O/c1-24(2)20(27)25-9-7-21(14-25)8-10-26-19(21)12-18(23-26)16-11-15-5-3-4-6-17(15)22-13-16/h3-6,11-13H,7-10,14H2,1-2H3. The van der Waals surface area contributed by atoms with Crippen LogP contribution in [0.25, 0.3) is 22.2 Å². The molecule has 6 nitrogen and oxygen atoms in total. The van der Waals surface area contributed by atoms with Crippen molar-refractivity contribution >= 4 is 16.9 Å². The molecule has 0 saturated carbocycles. The maximum Gasteiger partial charge on any atom is 0.319 e. The number of carbonyl (C=O) groups excluding carboxylic acids is 1. The molecule has 0 N–H and O–H groups in total. The Hall–Kier alpha value is -2.89. The lowest BCUT2D eigenvalue weighted by molar-refractivity contribution is 0.178. The number of urea groups is 1. The first-order valence-corrected chi connectivity index (χ1v) is 9.45. The molecule has 1 fully saturated rings. The minimum atomic E-state index is 0.0429. The zero-order valence-corrected chi connectivity index (χ0v) is 15.7. The molecule has 2 amide bonds. The Morgan fingerprint density at radius 2 is 1.96 bits per heavy atom. The molecule has 2 aromatic heterocycles. The van der Waals surface area contributed by atoms with Crippen LogP contribution in [-0.2, 0) is 12.0 Å². The summed E-state index contributed by atoms with van der Waals surface area (Å²) in [6, 6.07) is 12.6. The number of rotatable bonds is 1. The summed E-state index contributed by atoms with van der Waals surface area (Å²) in [5.41, 5.74) is 4.32. The number of fused-ring (bicyclic) bond motifs is 3. The number of benzene rings is 1. The SMILES string of the molecule is CN(C)C(=O)N1CCC2(CCn3nc(-c4cnc5ccccc5c4)cc32)C1. The van der Waals surface area contributed by atoms with Crippen LogP contribution in [0.1, 0.15) is 18.5 Å². The van der Waals surface area contributed by atoms with Crippen LogP contribution in [-0.4, -0.2) is 57.8 Å². The summed E-state index contributed by atoms with van der Waals surface area (Å²) in [6.45, 7) is 2.51. The number of pyridine rings is 1. The van der Waals surface area contributed by atoms with E-state index in [4.69, 9.17) is 5.10 Å². The smallest absolute Gasteiger partial charge is 0.319 e. The third-order valence-electron chi connectivity index (χ3n) is 6.02. The molecule has 1 unspecified atom stereocenters.